The Hall–Kier alpha value is -3.45. The quantitative estimate of drug-likeness (QED) is 0.535. The number of ether oxygens (including phenoxy) is 2. The third-order valence-corrected chi connectivity index (χ3v) is 5.17. The maximum Gasteiger partial charge on any atom is 0.339 e. The lowest BCUT2D eigenvalue weighted by molar-refractivity contribution is 0.0602. The fourth-order valence-electron chi connectivity index (χ4n) is 3.44. The molecule has 0 bridgehead atoms. The predicted octanol–water partition coefficient (Wildman–Crippen LogP) is 4.86. The first kappa shape index (κ1) is 22.2. The average Bonchev–Trinajstić information content (AvgIpc) is 3.04. The van der Waals surface area contributed by atoms with Gasteiger partial charge in [-0.05, 0) is 55.8 Å². The van der Waals surface area contributed by atoms with Gasteiger partial charge < -0.3 is 24.7 Å². The number of para-hydroxylation sites is 2. The van der Waals surface area contributed by atoms with E-state index in [1.807, 2.05) is 44.2 Å². The number of methoxy groups -OCH3 is 2. The number of carbonyl (C=O) groups excluding carboxylic acids is 2. The van der Waals surface area contributed by atoms with Crippen LogP contribution in [0.15, 0.2) is 48.5 Å². The molecule has 8 heteroatoms. The summed E-state index contributed by atoms with van der Waals surface area (Å²) in [6, 6.07) is 13.9. The van der Waals surface area contributed by atoms with Crippen LogP contribution in [-0.4, -0.2) is 30.8 Å². The van der Waals surface area contributed by atoms with E-state index in [2.05, 4.69) is 15.2 Å². The zero-order chi connectivity index (χ0) is 22.5. The molecule has 0 radical (unpaired) electrons. The van der Waals surface area contributed by atoms with Crippen molar-refractivity contribution in [3.8, 4) is 11.4 Å². The second-order valence-electron chi connectivity index (χ2n) is 6.89. The van der Waals surface area contributed by atoms with Gasteiger partial charge in [0.05, 0.1) is 31.2 Å². The first-order valence-electron chi connectivity index (χ1n) is 9.59. The Labute approximate surface area is 185 Å². The molecule has 3 aromatic rings. The SMILES string of the molecule is COC(=O)c1ccc(Cl)cc1NC(=O)NCc1cc(C)n(-c2ccccc2OC)c1C. The Morgan fingerprint density at radius 3 is 2.52 bits per heavy atom. The predicted molar refractivity (Wildman–Crippen MR) is 120 cm³/mol. The lowest BCUT2D eigenvalue weighted by atomic mass is 10.2. The summed E-state index contributed by atoms with van der Waals surface area (Å²) in [4.78, 5) is 24.4. The monoisotopic (exact) mass is 441 g/mol. The lowest BCUT2D eigenvalue weighted by Crippen LogP contribution is -2.29. The van der Waals surface area contributed by atoms with E-state index in [1.165, 1.54) is 19.2 Å². The minimum atomic E-state index is -0.563. The van der Waals surface area contributed by atoms with E-state index in [4.69, 9.17) is 21.1 Å². The van der Waals surface area contributed by atoms with Crippen molar-refractivity contribution in [1.82, 2.24) is 9.88 Å². The molecule has 31 heavy (non-hydrogen) atoms. The Morgan fingerprint density at radius 1 is 1.06 bits per heavy atom. The number of halogens is 1. The molecule has 2 amide bonds. The molecule has 0 saturated heterocycles. The van der Waals surface area contributed by atoms with E-state index in [1.54, 1.807) is 13.2 Å². The van der Waals surface area contributed by atoms with Crippen LogP contribution in [0.25, 0.3) is 5.69 Å². The summed E-state index contributed by atoms with van der Waals surface area (Å²) < 4.78 is 12.3. The van der Waals surface area contributed by atoms with Gasteiger partial charge in [0.25, 0.3) is 0 Å². The minimum Gasteiger partial charge on any atom is -0.495 e. The summed E-state index contributed by atoms with van der Waals surface area (Å²) in [5.41, 5.74) is 4.38. The van der Waals surface area contributed by atoms with Gasteiger partial charge in [0.15, 0.2) is 0 Å². The second kappa shape index (κ2) is 9.57. The smallest absolute Gasteiger partial charge is 0.339 e. The van der Waals surface area contributed by atoms with Crippen molar-refractivity contribution in [1.29, 1.82) is 0 Å². The summed E-state index contributed by atoms with van der Waals surface area (Å²) in [6.07, 6.45) is 0. The molecule has 162 valence electrons. The van der Waals surface area contributed by atoms with E-state index in [-0.39, 0.29) is 11.3 Å². The topological polar surface area (TPSA) is 81.6 Å². The summed E-state index contributed by atoms with van der Waals surface area (Å²) in [7, 11) is 2.91. The van der Waals surface area contributed by atoms with Crippen molar-refractivity contribution < 1.29 is 19.1 Å². The number of benzene rings is 2. The van der Waals surface area contributed by atoms with E-state index in [0.717, 1.165) is 28.4 Å². The van der Waals surface area contributed by atoms with Crippen LogP contribution < -0.4 is 15.4 Å². The lowest BCUT2D eigenvalue weighted by Gasteiger charge is -2.14. The highest BCUT2D eigenvalue weighted by Crippen LogP contribution is 2.28. The highest BCUT2D eigenvalue weighted by Gasteiger charge is 2.16. The van der Waals surface area contributed by atoms with Crippen molar-refractivity contribution in [2.75, 3.05) is 19.5 Å². The number of nitrogens with one attached hydrogen (secondary N) is 2. The first-order chi connectivity index (χ1) is 14.8. The molecular formula is C23H24ClN3O4. The molecule has 0 unspecified atom stereocenters. The van der Waals surface area contributed by atoms with Crippen LogP contribution in [0.2, 0.25) is 5.02 Å². The number of aromatic nitrogens is 1. The second-order valence-corrected chi connectivity index (χ2v) is 7.33. The Morgan fingerprint density at radius 2 is 1.81 bits per heavy atom. The van der Waals surface area contributed by atoms with E-state index < -0.39 is 12.0 Å². The third kappa shape index (κ3) is 4.83. The van der Waals surface area contributed by atoms with Gasteiger partial charge in [0, 0.05) is 23.0 Å². The van der Waals surface area contributed by atoms with Crippen LogP contribution in [-0.2, 0) is 11.3 Å². The highest BCUT2D eigenvalue weighted by molar-refractivity contribution is 6.31. The van der Waals surface area contributed by atoms with Crippen molar-refractivity contribution in [2.45, 2.75) is 20.4 Å². The summed E-state index contributed by atoms with van der Waals surface area (Å²) >= 11 is 6.01. The van der Waals surface area contributed by atoms with E-state index in [9.17, 15) is 9.59 Å². The molecule has 0 aliphatic heterocycles. The van der Waals surface area contributed by atoms with Crippen molar-refractivity contribution in [2.24, 2.45) is 0 Å². The zero-order valence-corrected chi connectivity index (χ0v) is 18.5. The largest absolute Gasteiger partial charge is 0.495 e. The number of aryl methyl sites for hydroxylation is 1. The van der Waals surface area contributed by atoms with E-state index >= 15 is 0 Å². The standard InChI is InChI=1S/C23H24ClN3O4/c1-14-11-16(15(2)27(14)20-7-5-6-8-21(20)30-3)13-25-23(29)26-19-12-17(24)9-10-18(19)22(28)31-4/h5-12H,13H2,1-4H3,(H2,25,26,29). The Kier molecular flexibility index (Phi) is 6.87. The molecule has 2 aromatic carbocycles. The van der Waals surface area contributed by atoms with Crippen LogP contribution in [0, 0.1) is 13.8 Å². The molecule has 2 N–H and O–H groups in total. The number of amides is 2. The molecule has 3 rings (SSSR count). The normalized spacial score (nSPS) is 10.5. The van der Waals surface area contributed by atoms with Crippen molar-refractivity contribution in [3.05, 3.63) is 76.1 Å². The Bertz CT molecular complexity index is 1120. The number of anilines is 1. The van der Waals surface area contributed by atoms with Crippen LogP contribution in [0.5, 0.6) is 5.75 Å². The van der Waals surface area contributed by atoms with Crippen molar-refractivity contribution >= 4 is 29.3 Å². The van der Waals surface area contributed by atoms with Gasteiger partial charge in [0.1, 0.15) is 5.75 Å². The van der Waals surface area contributed by atoms with Gasteiger partial charge >= 0.3 is 12.0 Å². The number of nitrogens with zero attached hydrogens (tertiary/aromatic N) is 1. The number of hydrogen-bond acceptors (Lipinski definition) is 4. The number of hydrogen-bond donors (Lipinski definition) is 2. The average molecular weight is 442 g/mol. The molecule has 1 heterocycles. The van der Waals surface area contributed by atoms with Gasteiger partial charge in [-0.3, -0.25) is 0 Å². The van der Waals surface area contributed by atoms with E-state index in [0.29, 0.717) is 11.6 Å². The molecule has 0 aliphatic carbocycles. The third-order valence-electron chi connectivity index (χ3n) is 4.94. The number of carbonyl (C=O) groups is 2. The van der Waals surface area contributed by atoms with Gasteiger partial charge in [-0.1, -0.05) is 23.7 Å². The van der Waals surface area contributed by atoms with Gasteiger partial charge in [-0.2, -0.15) is 0 Å². The number of rotatable bonds is 6. The fourth-order valence-corrected chi connectivity index (χ4v) is 3.62. The minimum absolute atomic E-state index is 0.219. The first-order valence-corrected chi connectivity index (χ1v) is 9.97. The summed E-state index contributed by atoms with van der Waals surface area (Å²) in [6.45, 7) is 4.28. The molecule has 0 atom stereocenters. The van der Waals surface area contributed by atoms with Crippen LogP contribution in [0.3, 0.4) is 0 Å². The molecule has 0 spiro atoms. The van der Waals surface area contributed by atoms with Crippen molar-refractivity contribution in [3.63, 3.8) is 0 Å². The number of urea groups is 1. The molecule has 1 aromatic heterocycles. The van der Waals surface area contributed by atoms with Gasteiger partial charge in [-0.15, -0.1) is 0 Å². The summed E-state index contributed by atoms with van der Waals surface area (Å²) in [5.74, 6) is 0.199. The molecule has 0 saturated carbocycles. The Balaban J connectivity index is 1.77. The fraction of sp³-hybridized carbons (Fsp3) is 0.217. The van der Waals surface area contributed by atoms with Gasteiger partial charge in [-0.25, -0.2) is 9.59 Å². The molecular weight excluding hydrogens is 418 g/mol. The van der Waals surface area contributed by atoms with Crippen LogP contribution in [0.1, 0.15) is 27.3 Å². The summed E-state index contributed by atoms with van der Waals surface area (Å²) in [5, 5.41) is 5.88. The number of esters is 1. The molecule has 7 nitrogen and oxygen atoms in total. The highest BCUT2D eigenvalue weighted by atomic mass is 35.5. The molecule has 0 fully saturated rings. The zero-order valence-electron chi connectivity index (χ0n) is 17.8. The van der Waals surface area contributed by atoms with Gasteiger partial charge in [0.2, 0.25) is 0 Å². The maximum absolute atomic E-state index is 12.5. The molecule has 0 aliphatic rings. The van der Waals surface area contributed by atoms with Crippen LogP contribution >= 0.6 is 11.6 Å². The maximum atomic E-state index is 12.5. The van der Waals surface area contributed by atoms with Crippen LogP contribution in [0.4, 0.5) is 10.5 Å².